The zero-order valence-corrected chi connectivity index (χ0v) is 17.4. The van der Waals surface area contributed by atoms with Crippen LogP contribution < -0.4 is 5.32 Å². The molecule has 1 N–H and O–H groups in total. The van der Waals surface area contributed by atoms with Crippen LogP contribution in [0.1, 0.15) is 32.9 Å². The van der Waals surface area contributed by atoms with Crippen molar-refractivity contribution in [2.24, 2.45) is 7.05 Å². The Labute approximate surface area is 170 Å². The number of carbonyl (C=O) groups is 1. The van der Waals surface area contributed by atoms with E-state index in [4.69, 9.17) is 4.98 Å². The average molecular weight is 384 g/mol. The molecule has 0 bridgehead atoms. The average Bonchev–Trinajstić information content (AvgIpc) is 2.96. The van der Waals surface area contributed by atoms with Crippen molar-refractivity contribution in [3.8, 4) is 11.3 Å². The number of benzene rings is 2. The molecule has 0 aliphatic heterocycles. The third-order valence-electron chi connectivity index (χ3n) is 5.58. The Balaban J connectivity index is 1.87. The molecule has 2 aromatic carbocycles. The van der Waals surface area contributed by atoms with Crippen LogP contribution in [-0.2, 0) is 7.05 Å². The molecule has 0 unspecified atom stereocenters. The molecule has 0 atom stereocenters. The number of carbonyl (C=O) groups excluding carboxylic acids is 1. The van der Waals surface area contributed by atoms with Crippen molar-refractivity contribution in [2.45, 2.75) is 27.7 Å². The number of aryl methyl sites for hydroxylation is 3. The summed E-state index contributed by atoms with van der Waals surface area (Å²) in [5.41, 5.74) is 8.08. The summed E-state index contributed by atoms with van der Waals surface area (Å²) in [5, 5.41) is 8.42. The third kappa shape index (κ3) is 3.29. The van der Waals surface area contributed by atoms with Crippen LogP contribution in [0.5, 0.6) is 0 Å². The summed E-state index contributed by atoms with van der Waals surface area (Å²) >= 11 is 0. The Morgan fingerprint density at radius 1 is 1.00 bits per heavy atom. The molecule has 0 aliphatic carbocycles. The summed E-state index contributed by atoms with van der Waals surface area (Å²) in [6.45, 7) is 8.04. The van der Waals surface area contributed by atoms with Crippen LogP contribution in [0.3, 0.4) is 0 Å². The van der Waals surface area contributed by atoms with E-state index >= 15 is 0 Å². The highest BCUT2D eigenvalue weighted by molar-refractivity contribution is 6.13. The Bertz CT molecular complexity index is 1250. The van der Waals surface area contributed by atoms with E-state index in [9.17, 15) is 4.79 Å². The summed E-state index contributed by atoms with van der Waals surface area (Å²) in [6, 6.07) is 15.5. The maximum Gasteiger partial charge on any atom is 0.256 e. The highest BCUT2D eigenvalue weighted by atomic mass is 16.1. The van der Waals surface area contributed by atoms with E-state index in [-0.39, 0.29) is 5.91 Å². The number of nitrogens with zero attached hydrogens (tertiary/aromatic N) is 3. The van der Waals surface area contributed by atoms with Crippen LogP contribution >= 0.6 is 0 Å². The fourth-order valence-electron chi connectivity index (χ4n) is 3.71. The molecule has 4 aromatic rings. The fourth-order valence-corrected chi connectivity index (χ4v) is 3.71. The minimum absolute atomic E-state index is 0.141. The van der Waals surface area contributed by atoms with Crippen molar-refractivity contribution in [1.82, 2.24) is 14.8 Å². The van der Waals surface area contributed by atoms with Crippen molar-refractivity contribution in [3.05, 3.63) is 76.6 Å². The number of pyridine rings is 1. The van der Waals surface area contributed by atoms with Gasteiger partial charge in [0.2, 0.25) is 0 Å². The fraction of sp³-hybridized carbons (Fsp3) is 0.208. The molecule has 0 spiro atoms. The molecule has 29 heavy (non-hydrogen) atoms. The molecular formula is C24H24N4O. The Morgan fingerprint density at radius 2 is 1.76 bits per heavy atom. The Kier molecular flexibility index (Phi) is 4.66. The van der Waals surface area contributed by atoms with Crippen LogP contribution in [0.4, 0.5) is 5.69 Å². The number of aromatic nitrogens is 3. The van der Waals surface area contributed by atoms with Crippen LogP contribution in [0, 0.1) is 27.7 Å². The van der Waals surface area contributed by atoms with Gasteiger partial charge in [-0.25, -0.2) is 4.98 Å². The van der Waals surface area contributed by atoms with Gasteiger partial charge in [-0.05, 0) is 57.0 Å². The van der Waals surface area contributed by atoms with Gasteiger partial charge in [-0.3, -0.25) is 9.48 Å². The van der Waals surface area contributed by atoms with Crippen molar-refractivity contribution in [1.29, 1.82) is 0 Å². The first kappa shape index (κ1) is 18.9. The van der Waals surface area contributed by atoms with Crippen LogP contribution in [-0.4, -0.2) is 20.7 Å². The lowest BCUT2D eigenvalue weighted by Gasteiger charge is -2.13. The largest absolute Gasteiger partial charge is 0.322 e. The van der Waals surface area contributed by atoms with E-state index in [1.54, 1.807) is 0 Å². The predicted octanol–water partition coefficient (Wildman–Crippen LogP) is 5.12. The van der Waals surface area contributed by atoms with Gasteiger partial charge >= 0.3 is 0 Å². The molecule has 146 valence electrons. The van der Waals surface area contributed by atoms with Crippen LogP contribution in [0.2, 0.25) is 0 Å². The molecule has 2 aromatic heterocycles. The standard InChI is InChI=1S/C24H24N4O/c1-14-9-8-12-20(15(14)2)26-24(29)19-13-22(23-16(3)27-28(5)17(23)4)25-21-11-7-6-10-18(19)21/h6-13H,1-5H3,(H,26,29). The van der Waals surface area contributed by atoms with Gasteiger partial charge in [-0.2, -0.15) is 5.10 Å². The molecule has 0 saturated heterocycles. The lowest BCUT2D eigenvalue weighted by molar-refractivity contribution is 0.102. The predicted molar refractivity (Wildman–Crippen MR) is 117 cm³/mol. The SMILES string of the molecule is Cc1cccc(NC(=O)c2cc(-c3c(C)nn(C)c3C)nc3ccccc23)c1C. The lowest BCUT2D eigenvalue weighted by atomic mass is 10.0. The molecule has 5 nitrogen and oxygen atoms in total. The summed E-state index contributed by atoms with van der Waals surface area (Å²) in [4.78, 5) is 18.1. The number of nitrogens with one attached hydrogen (secondary N) is 1. The topological polar surface area (TPSA) is 59.8 Å². The first-order valence-electron chi connectivity index (χ1n) is 9.64. The molecule has 0 aliphatic rings. The summed E-state index contributed by atoms with van der Waals surface area (Å²) < 4.78 is 1.84. The maximum atomic E-state index is 13.3. The molecule has 0 fully saturated rings. The van der Waals surface area contributed by atoms with Crippen molar-refractivity contribution < 1.29 is 4.79 Å². The number of hydrogen-bond donors (Lipinski definition) is 1. The molecular weight excluding hydrogens is 360 g/mol. The van der Waals surface area contributed by atoms with Gasteiger partial charge in [-0.1, -0.05) is 30.3 Å². The van der Waals surface area contributed by atoms with E-state index in [1.807, 2.05) is 88.0 Å². The zero-order valence-electron chi connectivity index (χ0n) is 17.4. The minimum atomic E-state index is -0.141. The smallest absolute Gasteiger partial charge is 0.256 e. The number of rotatable bonds is 3. The van der Waals surface area contributed by atoms with E-state index in [0.717, 1.165) is 50.4 Å². The van der Waals surface area contributed by atoms with E-state index in [0.29, 0.717) is 5.56 Å². The van der Waals surface area contributed by atoms with Crippen molar-refractivity contribution in [3.63, 3.8) is 0 Å². The number of amides is 1. The second-order valence-electron chi connectivity index (χ2n) is 7.44. The normalized spacial score (nSPS) is 11.1. The van der Waals surface area contributed by atoms with Gasteiger partial charge in [-0.15, -0.1) is 0 Å². The number of hydrogen-bond acceptors (Lipinski definition) is 3. The summed E-state index contributed by atoms with van der Waals surface area (Å²) in [5.74, 6) is -0.141. The van der Waals surface area contributed by atoms with Gasteiger partial charge < -0.3 is 5.32 Å². The first-order valence-corrected chi connectivity index (χ1v) is 9.64. The van der Waals surface area contributed by atoms with Crippen LogP contribution in [0.25, 0.3) is 22.2 Å². The van der Waals surface area contributed by atoms with E-state index < -0.39 is 0 Å². The number of fused-ring (bicyclic) bond motifs is 1. The highest BCUT2D eigenvalue weighted by Gasteiger charge is 2.19. The number of anilines is 1. The second-order valence-corrected chi connectivity index (χ2v) is 7.44. The minimum Gasteiger partial charge on any atom is -0.322 e. The molecule has 5 heteroatoms. The van der Waals surface area contributed by atoms with Gasteiger partial charge in [0.25, 0.3) is 5.91 Å². The van der Waals surface area contributed by atoms with Gasteiger partial charge in [0.15, 0.2) is 0 Å². The summed E-state index contributed by atoms with van der Waals surface area (Å²) in [7, 11) is 1.92. The Hall–Kier alpha value is -3.47. The van der Waals surface area contributed by atoms with Crippen molar-refractivity contribution in [2.75, 3.05) is 5.32 Å². The molecule has 1 amide bonds. The third-order valence-corrected chi connectivity index (χ3v) is 5.58. The maximum absolute atomic E-state index is 13.3. The quantitative estimate of drug-likeness (QED) is 0.533. The molecule has 2 heterocycles. The first-order chi connectivity index (χ1) is 13.9. The Morgan fingerprint density at radius 3 is 2.48 bits per heavy atom. The monoisotopic (exact) mass is 384 g/mol. The van der Waals surface area contributed by atoms with E-state index in [2.05, 4.69) is 10.4 Å². The highest BCUT2D eigenvalue weighted by Crippen LogP contribution is 2.30. The van der Waals surface area contributed by atoms with E-state index in [1.165, 1.54) is 0 Å². The zero-order chi connectivity index (χ0) is 20.7. The second kappa shape index (κ2) is 7.17. The molecule has 4 rings (SSSR count). The van der Waals surface area contributed by atoms with Gasteiger partial charge in [0.05, 0.1) is 22.5 Å². The molecule has 0 radical (unpaired) electrons. The van der Waals surface area contributed by atoms with Crippen molar-refractivity contribution >= 4 is 22.5 Å². The van der Waals surface area contributed by atoms with Crippen LogP contribution in [0.15, 0.2) is 48.5 Å². The van der Waals surface area contributed by atoms with Gasteiger partial charge in [0.1, 0.15) is 0 Å². The summed E-state index contributed by atoms with van der Waals surface area (Å²) in [6.07, 6.45) is 0. The lowest BCUT2D eigenvalue weighted by Crippen LogP contribution is -2.14. The number of para-hydroxylation sites is 1. The molecule has 0 saturated carbocycles. The van der Waals surface area contributed by atoms with Gasteiger partial charge in [0, 0.05) is 29.4 Å².